The van der Waals surface area contributed by atoms with E-state index in [1.165, 1.54) is 0 Å². The molecule has 1 saturated carbocycles. The third-order valence-corrected chi connectivity index (χ3v) is 2.36. The molecule has 1 aliphatic carbocycles. The fraction of sp³-hybridized carbons (Fsp3) is 0.833. The maximum absolute atomic E-state index is 10.4. The zero-order valence-electron chi connectivity index (χ0n) is 5.29. The molecule has 1 fully saturated rings. The molecule has 0 aromatic heterocycles. The van der Waals surface area contributed by atoms with Crippen molar-refractivity contribution in [1.82, 2.24) is 0 Å². The van der Waals surface area contributed by atoms with Gasteiger partial charge in [0.1, 0.15) is 4.75 Å². The fourth-order valence-corrected chi connectivity index (χ4v) is 1.08. The summed E-state index contributed by atoms with van der Waals surface area (Å²) in [5.41, 5.74) is 0. The molecule has 1 unspecified atom stereocenters. The van der Waals surface area contributed by atoms with Crippen LogP contribution >= 0.6 is 12.6 Å². The van der Waals surface area contributed by atoms with E-state index >= 15 is 0 Å². The summed E-state index contributed by atoms with van der Waals surface area (Å²) in [6, 6.07) is 0. The average Bonchev–Trinajstić information content (AvgIpc) is 2.42. The molecule has 0 bridgehead atoms. The van der Waals surface area contributed by atoms with Crippen molar-refractivity contribution in [1.29, 1.82) is 0 Å². The normalized spacial score (nSPS) is 20.5. The minimum atomic E-state index is -0.798. The van der Waals surface area contributed by atoms with E-state index in [9.17, 15) is 4.79 Å². The SMILES string of the molecule is CC(S)(C(=O)O)C1CC1.[NaH].[NaH]. The van der Waals surface area contributed by atoms with Gasteiger partial charge in [-0.2, -0.15) is 12.6 Å². The molecule has 0 aromatic rings. The summed E-state index contributed by atoms with van der Waals surface area (Å²) < 4.78 is -0.778. The van der Waals surface area contributed by atoms with Gasteiger partial charge < -0.3 is 5.11 Å². The van der Waals surface area contributed by atoms with E-state index in [1.54, 1.807) is 6.92 Å². The summed E-state index contributed by atoms with van der Waals surface area (Å²) in [5, 5.41) is 8.58. The van der Waals surface area contributed by atoms with Crippen molar-refractivity contribution >= 4 is 77.7 Å². The molecule has 0 amide bonds. The van der Waals surface area contributed by atoms with Gasteiger partial charge in [-0.3, -0.25) is 4.79 Å². The van der Waals surface area contributed by atoms with Crippen LogP contribution in [0.4, 0.5) is 0 Å². The predicted molar refractivity (Wildman–Crippen MR) is 52.0 cm³/mol. The van der Waals surface area contributed by atoms with E-state index in [2.05, 4.69) is 12.6 Å². The van der Waals surface area contributed by atoms with Crippen molar-refractivity contribution in [3.05, 3.63) is 0 Å². The van der Waals surface area contributed by atoms with Gasteiger partial charge >= 0.3 is 65.1 Å². The number of hydrogen-bond acceptors (Lipinski definition) is 2. The van der Waals surface area contributed by atoms with E-state index in [1.807, 2.05) is 0 Å². The number of carboxylic acids is 1. The molecular weight excluding hydrogens is 182 g/mol. The Morgan fingerprint density at radius 2 is 1.91 bits per heavy atom. The Kier molecular flexibility index (Phi) is 7.69. The third kappa shape index (κ3) is 4.03. The second kappa shape index (κ2) is 5.53. The van der Waals surface area contributed by atoms with Crippen LogP contribution in [0, 0.1) is 5.92 Å². The molecule has 0 spiro atoms. The summed E-state index contributed by atoms with van der Waals surface area (Å²) in [4.78, 5) is 10.4. The van der Waals surface area contributed by atoms with Gasteiger partial charge in [-0.05, 0) is 25.7 Å². The standard InChI is InChI=1S/C6H10O2S.2Na.2H/c1-6(9,5(7)8)4-2-3-4;;;;/h4,9H,2-3H2,1H3,(H,7,8);;;;. The zero-order valence-corrected chi connectivity index (χ0v) is 6.19. The second-order valence-corrected chi connectivity index (χ2v) is 3.66. The number of thiol groups is 1. The van der Waals surface area contributed by atoms with Gasteiger partial charge in [-0.25, -0.2) is 0 Å². The Labute approximate surface area is 116 Å². The first-order valence-electron chi connectivity index (χ1n) is 3.01. The van der Waals surface area contributed by atoms with Crippen LogP contribution in [0.1, 0.15) is 19.8 Å². The second-order valence-electron chi connectivity index (χ2n) is 2.73. The topological polar surface area (TPSA) is 37.3 Å². The Morgan fingerprint density at radius 3 is 2.00 bits per heavy atom. The molecule has 56 valence electrons. The first kappa shape index (κ1) is 15.3. The van der Waals surface area contributed by atoms with Crippen LogP contribution in [0.5, 0.6) is 0 Å². The Hall–Kier alpha value is 1.82. The first-order valence-corrected chi connectivity index (χ1v) is 3.45. The van der Waals surface area contributed by atoms with Crippen LogP contribution in [0.25, 0.3) is 0 Å². The molecule has 1 atom stereocenters. The average molecular weight is 194 g/mol. The van der Waals surface area contributed by atoms with Crippen LogP contribution in [0.15, 0.2) is 0 Å². The van der Waals surface area contributed by atoms with E-state index in [-0.39, 0.29) is 59.1 Å². The summed E-state index contributed by atoms with van der Waals surface area (Å²) in [6.07, 6.45) is 2.04. The molecule has 1 N–H and O–H groups in total. The summed E-state index contributed by atoms with van der Waals surface area (Å²) in [7, 11) is 0. The molecule has 1 rings (SSSR count). The number of carbonyl (C=O) groups is 1. The summed E-state index contributed by atoms with van der Waals surface area (Å²) in [6.45, 7) is 1.66. The molecule has 5 heteroatoms. The molecule has 0 radical (unpaired) electrons. The first-order chi connectivity index (χ1) is 4.05. The number of rotatable bonds is 2. The molecule has 0 heterocycles. The van der Waals surface area contributed by atoms with Crippen molar-refractivity contribution in [2.45, 2.75) is 24.5 Å². The summed E-state index contributed by atoms with van der Waals surface area (Å²) >= 11 is 4.04. The van der Waals surface area contributed by atoms with Gasteiger partial charge in [0.05, 0.1) is 0 Å². The van der Waals surface area contributed by atoms with Crippen LogP contribution in [-0.2, 0) is 4.79 Å². The predicted octanol–water partition coefficient (Wildman–Crippen LogP) is -0.128. The van der Waals surface area contributed by atoms with E-state index in [0.29, 0.717) is 5.92 Å². The van der Waals surface area contributed by atoms with Crippen molar-refractivity contribution in [2.75, 3.05) is 0 Å². The molecule has 2 nitrogen and oxygen atoms in total. The van der Waals surface area contributed by atoms with Crippen LogP contribution < -0.4 is 0 Å². The van der Waals surface area contributed by atoms with E-state index < -0.39 is 10.7 Å². The Bertz CT molecular complexity index is 146. The number of aliphatic carboxylic acids is 1. The minimum absolute atomic E-state index is 0. The quantitative estimate of drug-likeness (QED) is 0.475. The van der Waals surface area contributed by atoms with Crippen molar-refractivity contribution in [3.8, 4) is 0 Å². The van der Waals surface area contributed by atoms with Gasteiger partial charge in [-0.1, -0.05) is 0 Å². The fourth-order valence-electron chi connectivity index (χ4n) is 0.820. The van der Waals surface area contributed by atoms with Gasteiger partial charge in [0, 0.05) is 0 Å². The number of hydrogen-bond donors (Lipinski definition) is 2. The summed E-state index contributed by atoms with van der Waals surface area (Å²) in [5.74, 6) is -0.494. The van der Waals surface area contributed by atoms with Crippen molar-refractivity contribution in [2.24, 2.45) is 5.92 Å². The molecule has 0 aliphatic heterocycles. The van der Waals surface area contributed by atoms with Crippen LogP contribution in [-0.4, -0.2) is 74.9 Å². The molecule has 11 heavy (non-hydrogen) atoms. The van der Waals surface area contributed by atoms with E-state index in [4.69, 9.17) is 5.11 Å². The van der Waals surface area contributed by atoms with E-state index in [0.717, 1.165) is 12.8 Å². The molecule has 0 saturated heterocycles. The van der Waals surface area contributed by atoms with Gasteiger partial charge in [0.15, 0.2) is 0 Å². The number of carboxylic acid groups (broad SMARTS) is 1. The monoisotopic (exact) mass is 194 g/mol. The zero-order chi connectivity index (χ0) is 7.07. The Morgan fingerprint density at radius 1 is 1.55 bits per heavy atom. The molecule has 1 aliphatic rings. The maximum atomic E-state index is 10.4. The van der Waals surface area contributed by atoms with Crippen LogP contribution in [0.2, 0.25) is 0 Å². The van der Waals surface area contributed by atoms with Gasteiger partial charge in [0.25, 0.3) is 0 Å². The van der Waals surface area contributed by atoms with Crippen molar-refractivity contribution in [3.63, 3.8) is 0 Å². The molecule has 0 aromatic carbocycles. The Balaban J connectivity index is 0. The third-order valence-electron chi connectivity index (χ3n) is 1.81. The van der Waals surface area contributed by atoms with Crippen molar-refractivity contribution < 1.29 is 9.90 Å². The van der Waals surface area contributed by atoms with Gasteiger partial charge in [-0.15, -0.1) is 0 Å². The van der Waals surface area contributed by atoms with Gasteiger partial charge in [0.2, 0.25) is 0 Å². The molecular formula is C6H12Na2O2S. The van der Waals surface area contributed by atoms with Crippen LogP contribution in [0.3, 0.4) is 0 Å².